The molecule has 0 aliphatic heterocycles. The molecule has 2 rings (SSSR count). The second-order valence-electron chi connectivity index (χ2n) is 3.71. The van der Waals surface area contributed by atoms with Gasteiger partial charge in [-0.25, -0.2) is 0 Å². The van der Waals surface area contributed by atoms with Crippen LogP contribution in [0.15, 0.2) is 30.3 Å². The molecule has 0 bridgehead atoms. The lowest BCUT2D eigenvalue weighted by Crippen LogP contribution is -2.04. The van der Waals surface area contributed by atoms with Crippen molar-refractivity contribution in [1.29, 1.82) is 0 Å². The second kappa shape index (κ2) is 6.11. The molecule has 1 heterocycles. The van der Waals surface area contributed by atoms with E-state index in [2.05, 4.69) is 14.7 Å². The minimum Gasteiger partial charge on any atom is -0.481 e. The number of nitrogens with zero attached hydrogens (tertiary/aromatic N) is 2. The van der Waals surface area contributed by atoms with E-state index in [-0.39, 0.29) is 6.42 Å². The van der Waals surface area contributed by atoms with E-state index in [4.69, 9.17) is 5.11 Å². The SMILES string of the molecule is O=C(O)CCCNc1nc(-c2ccccc2)ns1. The predicted octanol–water partition coefficient (Wildman–Crippen LogP) is 2.48. The van der Waals surface area contributed by atoms with Crippen molar-refractivity contribution in [2.24, 2.45) is 0 Å². The monoisotopic (exact) mass is 263 g/mol. The minimum absolute atomic E-state index is 0.164. The van der Waals surface area contributed by atoms with Crippen LogP contribution in [0.1, 0.15) is 12.8 Å². The second-order valence-corrected chi connectivity index (χ2v) is 4.47. The van der Waals surface area contributed by atoms with Crippen LogP contribution < -0.4 is 5.32 Å². The molecule has 2 aromatic rings. The molecule has 0 atom stereocenters. The summed E-state index contributed by atoms with van der Waals surface area (Å²) in [5.74, 6) is -0.0830. The van der Waals surface area contributed by atoms with Crippen LogP contribution in [0.25, 0.3) is 11.4 Å². The molecule has 0 aliphatic rings. The fourth-order valence-electron chi connectivity index (χ4n) is 1.43. The summed E-state index contributed by atoms with van der Waals surface area (Å²) >= 11 is 1.28. The van der Waals surface area contributed by atoms with Crippen molar-refractivity contribution in [3.63, 3.8) is 0 Å². The fourth-order valence-corrected chi connectivity index (χ4v) is 2.05. The number of carbonyl (C=O) groups is 1. The molecule has 0 spiro atoms. The van der Waals surface area contributed by atoms with Gasteiger partial charge in [-0.3, -0.25) is 4.79 Å². The average Bonchev–Trinajstić information content (AvgIpc) is 2.84. The van der Waals surface area contributed by atoms with Gasteiger partial charge in [0.05, 0.1) is 0 Å². The standard InChI is InChI=1S/C12H13N3O2S/c16-10(17)7-4-8-13-12-14-11(15-18-12)9-5-2-1-3-6-9/h1-3,5-6H,4,7-8H2,(H,16,17)(H,13,14,15). The highest BCUT2D eigenvalue weighted by molar-refractivity contribution is 7.09. The Morgan fingerprint density at radius 3 is 2.83 bits per heavy atom. The van der Waals surface area contributed by atoms with Crippen molar-refractivity contribution in [3.8, 4) is 11.4 Å². The molecule has 0 aliphatic carbocycles. The summed E-state index contributed by atoms with van der Waals surface area (Å²) in [7, 11) is 0. The molecule has 1 aromatic carbocycles. The Kier molecular flexibility index (Phi) is 4.25. The molecular formula is C12H13N3O2S. The highest BCUT2D eigenvalue weighted by Crippen LogP contribution is 2.20. The Morgan fingerprint density at radius 1 is 1.33 bits per heavy atom. The Labute approximate surface area is 109 Å². The molecule has 6 heteroatoms. The number of carboxylic acid groups (broad SMARTS) is 1. The summed E-state index contributed by atoms with van der Waals surface area (Å²) in [5, 5.41) is 12.3. The molecule has 94 valence electrons. The molecular weight excluding hydrogens is 250 g/mol. The first kappa shape index (κ1) is 12.5. The van der Waals surface area contributed by atoms with E-state index in [1.807, 2.05) is 30.3 Å². The van der Waals surface area contributed by atoms with E-state index < -0.39 is 5.97 Å². The summed E-state index contributed by atoms with van der Waals surface area (Å²) in [6.07, 6.45) is 0.743. The van der Waals surface area contributed by atoms with Crippen LogP contribution in [0, 0.1) is 0 Å². The summed E-state index contributed by atoms with van der Waals surface area (Å²) in [5.41, 5.74) is 0.979. The molecule has 0 unspecified atom stereocenters. The largest absolute Gasteiger partial charge is 0.481 e. The maximum absolute atomic E-state index is 10.3. The number of hydrogen-bond donors (Lipinski definition) is 2. The van der Waals surface area contributed by atoms with Crippen LogP contribution in [0.4, 0.5) is 5.13 Å². The van der Waals surface area contributed by atoms with Gasteiger partial charge in [-0.05, 0) is 6.42 Å². The van der Waals surface area contributed by atoms with Crippen LogP contribution in [-0.2, 0) is 4.79 Å². The normalized spacial score (nSPS) is 10.2. The van der Waals surface area contributed by atoms with Crippen LogP contribution >= 0.6 is 11.5 Å². The number of hydrogen-bond acceptors (Lipinski definition) is 5. The number of aliphatic carboxylic acids is 1. The molecule has 0 fully saturated rings. The van der Waals surface area contributed by atoms with Crippen LogP contribution in [-0.4, -0.2) is 27.0 Å². The van der Waals surface area contributed by atoms with Crippen LogP contribution in [0.3, 0.4) is 0 Å². The first-order valence-electron chi connectivity index (χ1n) is 5.60. The van der Waals surface area contributed by atoms with E-state index in [0.29, 0.717) is 18.8 Å². The van der Waals surface area contributed by atoms with E-state index >= 15 is 0 Å². The lowest BCUT2D eigenvalue weighted by Gasteiger charge is -1.98. The third-order valence-corrected chi connectivity index (χ3v) is 2.97. The molecule has 18 heavy (non-hydrogen) atoms. The number of anilines is 1. The van der Waals surface area contributed by atoms with Gasteiger partial charge in [0.1, 0.15) is 0 Å². The third-order valence-electron chi connectivity index (χ3n) is 2.30. The Hall–Kier alpha value is -1.95. The highest BCUT2D eigenvalue weighted by atomic mass is 32.1. The third kappa shape index (κ3) is 3.53. The van der Waals surface area contributed by atoms with Gasteiger partial charge in [0, 0.05) is 30.1 Å². The topological polar surface area (TPSA) is 75.1 Å². The Morgan fingerprint density at radius 2 is 2.11 bits per heavy atom. The first-order valence-corrected chi connectivity index (χ1v) is 6.38. The quantitative estimate of drug-likeness (QED) is 0.783. The van der Waals surface area contributed by atoms with Gasteiger partial charge in [0.15, 0.2) is 5.82 Å². The van der Waals surface area contributed by atoms with Crippen molar-refractivity contribution < 1.29 is 9.90 Å². The number of aromatic nitrogens is 2. The van der Waals surface area contributed by atoms with Gasteiger partial charge in [-0.1, -0.05) is 30.3 Å². The molecule has 0 amide bonds. The van der Waals surface area contributed by atoms with Gasteiger partial charge in [0.2, 0.25) is 5.13 Å². The molecule has 0 saturated heterocycles. The zero-order valence-electron chi connectivity index (χ0n) is 9.67. The zero-order chi connectivity index (χ0) is 12.8. The number of nitrogens with one attached hydrogen (secondary N) is 1. The smallest absolute Gasteiger partial charge is 0.303 e. The van der Waals surface area contributed by atoms with Crippen molar-refractivity contribution in [2.75, 3.05) is 11.9 Å². The van der Waals surface area contributed by atoms with E-state index in [9.17, 15) is 4.79 Å². The summed E-state index contributed by atoms with van der Waals surface area (Å²) in [6, 6.07) is 9.74. The Bertz CT molecular complexity index is 513. The lowest BCUT2D eigenvalue weighted by atomic mass is 10.2. The molecule has 5 nitrogen and oxygen atoms in total. The minimum atomic E-state index is -0.779. The average molecular weight is 263 g/mol. The highest BCUT2D eigenvalue weighted by Gasteiger charge is 2.05. The van der Waals surface area contributed by atoms with Crippen molar-refractivity contribution in [3.05, 3.63) is 30.3 Å². The van der Waals surface area contributed by atoms with Gasteiger partial charge in [-0.15, -0.1) is 0 Å². The number of rotatable bonds is 6. The summed E-state index contributed by atoms with van der Waals surface area (Å²) in [4.78, 5) is 14.7. The maximum atomic E-state index is 10.3. The molecule has 2 N–H and O–H groups in total. The molecule has 0 saturated carbocycles. The van der Waals surface area contributed by atoms with Crippen molar-refractivity contribution in [1.82, 2.24) is 9.36 Å². The lowest BCUT2D eigenvalue weighted by molar-refractivity contribution is -0.137. The summed E-state index contributed by atoms with van der Waals surface area (Å²) in [6.45, 7) is 0.593. The Balaban J connectivity index is 1.89. The molecule has 0 radical (unpaired) electrons. The van der Waals surface area contributed by atoms with Gasteiger partial charge in [-0.2, -0.15) is 9.36 Å². The van der Waals surface area contributed by atoms with E-state index in [0.717, 1.165) is 10.7 Å². The van der Waals surface area contributed by atoms with Crippen LogP contribution in [0.2, 0.25) is 0 Å². The fraction of sp³-hybridized carbons (Fsp3) is 0.250. The maximum Gasteiger partial charge on any atom is 0.303 e. The number of carboxylic acids is 1. The van der Waals surface area contributed by atoms with Crippen molar-refractivity contribution >= 4 is 22.6 Å². The van der Waals surface area contributed by atoms with Crippen LogP contribution in [0.5, 0.6) is 0 Å². The zero-order valence-corrected chi connectivity index (χ0v) is 10.5. The van der Waals surface area contributed by atoms with E-state index in [1.54, 1.807) is 0 Å². The summed E-state index contributed by atoms with van der Waals surface area (Å²) < 4.78 is 4.25. The van der Waals surface area contributed by atoms with Gasteiger partial charge >= 0.3 is 5.97 Å². The van der Waals surface area contributed by atoms with Crippen molar-refractivity contribution in [2.45, 2.75) is 12.8 Å². The first-order chi connectivity index (χ1) is 8.75. The van der Waals surface area contributed by atoms with E-state index in [1.165, 1.54) is 11.5 Å². The molecule has 1 aromatic heterocycles. The predicted molar refractivity (Wildman–Crippen MR) is 70.7 cm³/mol. The van der Waals surface area contributed by atoms with Gasteiger partial charge in [0.25, 0.3) is 0 Å². The van der Waals surface area contributed by atoms with Gasteiger partial charge < -0.3 is 10.4 Å². The number of benzene rings is 1.